The first-order valence-corrected chi connectivity index (χ1v) is 5.83. The van der Waals surface area contributed by atoms with Gasteiger partial charge >= 0.3 is 0 Å². The lowest BCUT2D eigenvalue weighted by Gasteiger charge is -2.14. The Hall–Kier alpha value is -1.11. The van der Waals surface area contributed by atoms with Crippen molar-refractivity contribution in [3.05, 3.63) is 28.2 Å². The van der Waals surface area contributed by atoms with Crippen molar-refractivity contribution in [2.45, 2.75) is 13.0 Å². The molecule has 1 aromatic rings. The summed E-state index contributed by atoms with van der Waals surface area (Å²) in [6.07, 6.45) is 0. The number of nitrogens with one attached hydrogen (secondary N) is 1. The van der Waals surface area contributed by atoms with E-state index in [-0.39, 0.29) is 12.6 Å². The summed E-state index contributed by atoms with van der Waals surface area (Å²) in [5.74, 6) is 0.250. The van der Waals surface area contributed by atoms with Crippen LogP contribution in [0.25, 0.3) is 0 Å². The minimum absolute atomic E-state index is 0.0587. The number of carbonyl (C=O) groups is 1. The molecule has 94 valence electrons. The molecule has 6 heteroatoms. The van der Waals surface area contributed by atoms with Crippen LogP contribution in [0.1, 0.15) is 18.5 Å². The van der Waals surface area contributed by atoms with Crippen LogP contribution in [0, 0.1) is 0 Å². The summed E-state index contributed by atoms with van der Waals surface area (Å²) < 4.78 is 5.99. The predicted octanol–water partition coefficient (Wildman–Crippen LogP) is 1.53. The Labute approximate surface area is 108 Å². The highest BCUT2D eigenvalue weighted by Gasteiger charge is 2.08. The quantitative estimate of drug-likeness (QED) is 0.782. The molecule has 0 radical (unpaired) electrons. The number of primary amides is 1. The average Bonchev–Trinajstić information content (AvgIpc) is 2.28. The van der Waals surface area contributed by atoms with Crippen LogP contribution < -0.4 is 16.0 Å². The van der Waals surface area contributed by atoms with Crippen molar-refractivity contribution in [3.63, 3.8) is 0 Å². The molecule has 0 heterocycles. The van der Waals surface area contributed by atoms with Crippen molar-refractivity contribution in [3.8, 4) is 5.75 Å². The van der Waals surface area contributed by atoms with E-state index in [1.165, 1.54) is 0 Å². The number of hydrogen-bond acceptors (Lipinski definition) is 4. The second-order valence-electron chi connectivity index (χ2n) is 3.49. The van der Waals surface area contributed by atoms with Crippen molar-refractivity contribution in [2.24, 2.45) is 5.73 Å². The molecule has 0 bridgehead atoms. The molecule has 0 aliphatic heterocycles. The summed E-state index contributed by atoms with van der Waals surface area (Å²) in [6.45, 7) is 1.76. The minimum atomic E-state index is -0.513. The number of methoxy groups -OCH3 is 1. The van der Waals surface area contributed by atoms with E-state index in [1.807, 2.05) is 25.1 Å². The largest absolute Gasteiger partial charge is 0.496 e. The fourth-order valence-corrected chi connectivity index (χ4v) is 1.82. The summed E-state index contributed by atoms with van der Waals surface area (Å²) in [7, 11) is 1.61. The van der Waals surface area contributed by atoms with Gasteiger partial charge in [-0.05, 0) is 40.5 Å². The summed E-state index contributed by atoms with van der Waals surface area (Å²) >= 11 is 3.40. The van der Waals surface area contributed by atoms with E-state index in [2.05, 4.69) is 21.4 Å². The molecule has 1 atom stereocenters. The van der Waals surface area contributed by atoms with Gasteiger partial charge in [0.25, 0.3) is 0 Å². The Morgan fingerprint density at radius 1 is 1.59 bits per heavy atom. The molecule has 17 heavy (non-hydrogen) atoms. The molecule has 0 saturated heterocycles. The first kappa shape index (κ1) is 14.0. The van der Waals surface area contributed by atoms with Crippen LogP contribution in [-0.4, -0.2) is 19.6 Å². The number of hydrogen-bond donors (Lipinski definition) is 2. The van der Waals surface area contributed by atoms with Crippen LogP contribution in [0.2, 0.25) is 0 Å². The summed E-state index contributed by atoms with van der Waals surface area (Å²) in [5, 5.41) is 0. The van der Waals surface area contributed by atoms with Crippen molar-refractivity contribution < 1.29 is 14.4 Å². The predicted molar refractivity (Wildman–Crippen MR) is 67.4 cm³/mol. The second kappa shape index (κ2) is 6.58. The van der Waals surface area contributed by atoms with E-state index in [4.69, 9.17) is 15.3 Å². The third kappa shape index (κ3) is 4.33. The number of carbonyl (C=O) groups excluding carboxylic acids is 1. The lowest BCUT2D eigenvalue weighted by Crippen LogP contribution is -2.26. The summed E-state index contributed by atoms with van der Waals surface area (Å²) in [4.78, 5) is 15.4. The van der Waals surface area contributed by atoms with Gasteiger partial charge in [-0.25, -0.2) is 0 Å². The fraction of sp³-hybridized carbons (Fsp3) is 0.364. The maximum atomic E-state index is 10.5. The van der Waals surface area contributed by atoms with Gasteiger partial charge in [0.15, 0.2) is 0 Å². The molecule has 1 unspecified atom stereocenters. The molecule has 3 N–H and O–H groups in total. The topological polar surface area (TPSA) is 73.6 Å². The monoisotopic (exact) mass is 302 g/mol. The lowest BCUT2D eigenvalue weighted by molar-refractivity contribution is -0.126. The molecule has 0 saturated carbocycles. The van der Waals surface area contributed by atoms with Gasteiger partial charge in [0.05, 0.1) is 17.6 Å². The van der Waals surface area contributed by atoms with E-state index in [1.54, 1.807) is 7.11 Å². The van der Waals surface area contributed by atoms with Gasteiger partial charge in [-0.1, -0.05) is 6.07 Å². The van der Waals surface area contributed by atoms with Gasteiger partial charge in [-0.2, -0.15) is 5.48 Å². The lowest BCUT2D eigenvalue weighted by atomic mass is 10.1. The molecular formula is C11H15BrN2O3. The number of benzene rings is 1. The van der Waals surface area contributed by atoms with Crippen LogP contribution >= 0.6 is 15.9 Å². The van der Waals surface area contributed by atoms with Crippen molar-refractivity contribution >= 4 is 21.8 Å². The molecule has 0 aromatic heterocycles. The number of ether oxygens (including phenoxy) is 1. The van der Waals surface area contributed by atoms with Crippen LogP contribution in [0.4, 0.5) is 0 Å². The third-order valence-electron chi connectivity index (χ3n) is 2.15. The van der Waals surface area contributed by atoms with Gasteiger partial charge in [-0.15, -0.1) is 0 Å². The zero-order valence-corrected chi connectivity index (χ0v) is 11.3. The SMILES string of the molecule is COc1ccc(C(C)NOCC(N)=O)cc1Br. The molecule has 1 rings (SSSR count). The van der Waals surface area contributed by atoms with E-state index in [9.17, 15) is 4.79 Å². The van der Waals surface area contributed by atoms with Crippen LogP contribution in [0.15, 0.2) is 22.7 Å². The van der Waals surface area contributed by atoms with Crippen LogP contribution in [-0.2, 0) is 9.63 Å². The number of nitrogens with two attached hydrogens (primary N) is 1. The normalized spacial score (nSPS) is 12.2. The number of amides is 1. The number of halogens is 1. The first-order valence-electron chi connectivity index (χ1n) is 5.03. The minimum Gasteiger partial charge on any atom is -0.496 e. The molecule has 0 aliphatic rings. The number of rotatable bonds is 6. The Bertz CT molecular complexity index is 398. The van der Waals surface area contributed by atoms with Gasteiger partial charge in [0.2, 0.25) is 5.91 Å². The highest BCUT2D eigenvalue weighted by Crippen LogP contribution is 2.27. The smallest absolute Gasteiger partial charge is 0.245 e. The summed E-state index contributed by atoms with van der Waals surface area (Å²) in [5.41, 5.74) is 8.69. The molecule has 1 amide bonds. The first-order chi connectivity index (χ1) is 8.04. The maximum absolute atomic E-state index is 10.5. The van der Waals surface area contributed by atoms with Gasteiger partial charge < -0.3 is 10.5 Å². The van der Waals surface area contributed by atoms with Crippen LogP contribution in [0.3, 0.4) is 0 Å². The Balaban J connectivity index is 2.59. The molecule has 0 fully saturated rings. The van der Waals surface area contributed by atoms with E-state index < -0.39 is 5.91 Å². The fourth-order valence-electron chi connectivity index (χ4n) is 1.26. The molecule has 0 spiro atoms. The van der Waals surface area contributed by atoms with Crippen LogP contribution in [0.5, 0.6) is 5.75 Å². The van der Waals surface area contributed by atoms with E-state index in [0.717, 1.165) is 15.8 Å². The molecular weight excluding hydrogens is 288 g/mol. The average molecular weight is 303 g/mol. The van der Waals surface area contributed by atoms with E-state index >= 15 is 0 Å². The highest BCUT2D eigenvalue weighted by molar-refractivity contribution is 9.10. The van der Waals surface area contributed by atoms with Crippen molar-refractivity contribution in [2.75, 3.05) is 13.7 Å². The summed E-state index contributed by atoms with van der Waals surface area (Å²) in [6, 6.07) is 5.63. The van der Waals surface area contributed by atoms with Gasteiger partial charge in [-0.3, -0.25) is 9.63 Å². The second-order valence-corrected chi connectivity index (χ2v) is 4.34. The molecule has 1 aromatic carbocycles. The zero-order chi connectivity index (χ0) is 12.8. The Morgan fingerprint density at radius 2 is 2.29 bits per heavy atom. The Kier molecular flexibility index (Phi) is 5.40. The maximum Gasteiger partial charge on any atom is 0.245 e. The Morgan fingerprint density at radius 3 is 2.82 bits per heavy atom. The molecule has 0 aliphatic carbocycles. The molecule has 5 nitrogen and oxygen atoms in total. The van der Waals surface area contributed by atoms with Crippen molar-refractivity contribution in [1.82, 2.24) is 5.48 Å². The van der Waals surface area contributed by atoms with Gasteiger partial charge in [0.1, 0.15) is 12.4 Å². The number of hydroxylamine groups is 1. The van der Waals surface area contributed by atoms with Gasteiger partial charge in [0, 0.05) is 0 Å². The highest BCUT2D eigenvalue weighted by atomic mass is 79.9. The van der Waals surface area contributed by atoms with E-state index in [0.29, 0.717) is 0 Å². The van der Waals surface area contributed by atoms with Crippen molar-refractivity contribution in [1.29, 1.82) is 0 Å². The zero-order valence-electron chi connectivity index (χ0n) is 9.70. The standard InChI is InChI=1S/C11H15BrN2O3/c1-7(14-17-6-11(13)15)8-3-4-10(16-2)9(12)5-8/h3-5,7,14H,6H2,1-2H3,(H2,13,15). The third-order valence-corrected chi connectivity index (χ3v) is 2.77.